The standard InChI is InChI=1S/C18H40N/c1-6-8-9-10-11-12-13-14-15-16-17-19(4,5)18(3)7-2/h18H,6-17H2,1-5H3/q+1. The first-order chi connectivity index (χ1) is 9.04. The van der Waals surface area contributed by atoms with E-state index in [1.165, 1.54) is 81.7 Å². The fraction of sp³-hybridized carbons (Fsp3) is 1.00. The maximum absolute atomic E-state index is 2.39. The SMILES string of the molecule is CCCCCCCCCCCC[N+](C)(C)C(C)CC. The van der Waals surface area contributed by atoms with Crippen LogP contribution in [0.2, 0.25) is 0 Å². The predicted octanol–water partition coefficient (Wildman–Crippen LogP) is 5.78. The summed E-state index contributed by atoms with van der Waals surface area (Å²) in [5.41, 5.74) is 0. The van der Waals surface area contributed by atoms with Crippen LogP contribution < -0.4 is 0 Å². The highest BCUT2D eigenvalue weighted by Gasteiger charge is 2.20. The molecule has 0 aromatic carbocycles. The summed E-state index contributed by atoms with van der Waals surface area (Å²) in [6.45, 7) is 8.34. The van der Waals surface area contributed by atoms with Crippen molar-refractivity contribution in [3.63, 3.8) is 0 Å². The van der Waals surface area contributed by atoms with Gasteiger partial charge in [0.15, 0.2) is 0 Å². The van der Waals surface area contributed by atoms with Crippen molar-refractivity contribution >= 4 is 0 Å². The smallest absolute Gasteiger partial charge is 0.0855 e. The van der Waals surface area contributed by atoms with Crippen LogP contribution in [0.3, 0.4) is 0 Å². The van der Waals surface area contributed by atoms with Crippen LogP contribution >= 0.6 is 0 Å². The molecule has 0 radical (unpaired) electrons. The normalized spacial score (nSPS) is 13.7. The van der Waals surface area contributed by atoms with E-state index >= 15 is 0 Å². The quantitative estimate of drug-likeness (QED) is 0.294. The minimum Gasteiger partial charge on any atom is -0.326 e. The highest BCUT2D eigenvalue weighted by atomic mass is 15.3. The highest BCUT2D eigenvalue weighted by Crippen LogP contribution is 2.14. The van der Waals surface area contributed by atoms with Crippen molar-refractivity contribution in [3.05, 3.63) is 0 Å². The topological polar surface area (TPSA) is 0 Å². The summed E-state index contributed by atoms with van der Waals surface area (Å²) in [5.74, 6) is 0. The molecule has 0 N–H and O–H groups in total. The third-order valence-electron chi connectivity index (χ3n) is 4.87. The number of rotatable bonds is 13. The Morgan fingerprint density at radius 1 is 0.684 bits per heavy atom. The van der Waals surface area contributed by atoms with Gasteiger partial charge in [0.2, 0.25) is 0 Å². The number of nitrogens with zero attached hydrogens (tertiary/aromatic N) is 1. The van der Waals surface area contributed by atoms with Crippen LogP contribution in [0.1, 0.15) is 91.4 Å². The first-order valence-electron chi connectivity index (χ1n) is 8.87. The van der Waals surface area contributed by atoms with Crippen molar-refractivity contribution in [3.8, 4) is 0 Å². The number of unbranched alkanes of at least 4 members (excludes halogenated alkanes) is 9. The summed E-state index contributed by atoms with van der Waals surface area (Å²) in [4.78, 5) is 0. The maximum atomic E-state index is 2.39. The molecule has 0 heterocycles. The summed E-state index contributed by atoms with van der Waals surface area (Å²) in [6, 6.07) is 0.804. The van der Waals surface area contributed by atoms with Gasteiger partial charge in [-0.05, 0) is 26.2 Å². The number of hydrogen-bond donors (Lipinski definition) is 0. The molecule has 0 saturated heterocycles. The van der Waals surface area contributed by atoms with E-state index in [0.29, 0.717) is 0 Å². The van der Waals surface area contributed by atoms with Crippen LogP contribution in [0.25, 0.3) is 0 Å². The van der Waals surface area contributed by atoms with Crippen LogP contribution in [0.4, 0.5) is 0 Å². The molecular weight excluding hydrogens is 230 g/mol. The summed E-state index contributed by atoms with van der Waals surface area (Å²) in [6.07, 6.45) is 15.7. The molecule has 0 aliphatic rings. The van der Waals surface area contributed by atoms with Gasteiger partial charge in [0.05, 0.1) is 26.7 Å². The highest BCUT2D eigenvalue weighted by molar-refractivity contribution is 4.50. The Morgan fingerprint density at radius 3 is 1.53 bits per heavy atom. The van der Waals surface area contributed by atoms with E-state index in [9.17, 15) is 0 Å². The lowest BCUT2D eigenvalue weighted by molar-refractivity contribution is -0.913. The van der Waals surface area contributed by atoms with Gasteiger partial charge in [-0.25, -0.2) is 0 Å². The van der Waals surface area contributed by atoms with Crippen LogP contribution in [-0.4, -0.2) is 31.2 Å². The third kappa shape index (κ3) is 10.4. The zero-order valence-corrected chi connectivity index (χ0v) is 14.5. The summed E-state index contributed by atoms with van der Waals surface area (Å²) >= 11 is 0. The van der Waals surface area contributed by atoms with Gasteiger partial charge in [0.25, 0.3) is 0 Å². The second-order valence-corrected chi connectivity index (χ2v) is 6.94. The fourth-order valence-electron chi connectivity index (χ4n) is 2.72. The Morgan fingerprint density at radius 2 is 1.11 bits per heavy atom. The average molecular weight is 271 g/mol. The van der Waals surface area contributed by atoms with Crippen molar-refractivity contribution in [2.75, 3.05) is 20.6 Å². The minimum atomic E-state index is 0.804. The van der Waals surface area contributed by atoms with Crippen molar-refractivity contribution < 1.29 is 4.48 Å². The van der Waals surface area contributed by atoms with Gasteiger partial charge in [-0.2, -0.15) is 0 Å². The first kappa shape index (κ1) is 19.0. The van der Waals surface area contributed by atoms with E-state index in [2.05, 4.69) is 34.9 Å². The third-order valence-corrected chi connectivity index (χ3v) is 4.87. The van der Waals surface area contributed by atoms with Crippen LogP contribution in [0.15, 0.2) is 0 Å². The monoisotopic (exact) mass is 270 g/mol. The van der Waals surface area contributed by atoms with Crippen LogP contribution in [-0.2, 0) is 0 Å². The molecule has 0 aromatic rings. The molecule has 19 heavy (non-hydrogen) atoms. The van der Waals surface area contributed by atoms with Gasteiger partial charge in [0.1, 0.15) is 0 Å². The Hall–Kier alpha value is -0.0400. The molecule has 0 rings (SSSR count). The van der Waals surface area contributed by atoms with E-state index in [-0.39, 0.29) is 0 Å². The molecule has 0 fully saturated rings. The summed E-state index contributed by atoms with van der Waals surface area (Å²) in [7, 11) is 4.78. The predicted molar refractivity (Wildman–Crippen MR) is 88.6 cm³/mol. The Kier molecular flexibility index (Phi) is 11.7. The van der Waals surface area contributed by atoms with Crippen molar-refractivity contribution in [1.82, 2.24) is 0 Å². The molecule has 116 valence electrons. The van der Waals surface area contributed by atoms with E-state index < -0.39 is 0 Å². The molecule has 0 amide bonds. The lowest BCUT2D eigenvalue weighted by Crippen LogP contribution is -2.47. The van der Waals surface area contributed by atoms with Gasteiger partial charge in [-0.1, -0.05) is 65.2 Å². The Labute approximate surface area is 123 Å². The van der Waals surface area contributed by atoms with Crippen molar-refractivity contribution in [2.45, 2.75) is 97.4 Å². The van der Waals surface area contributed by atoms with Gasteiger partial charge in [-0.3, -0.25) is 0 Å². The molecule has 1 heteroatoms. The lowest BCUT2D eigenvalue weighted by Gasteiger charge is -2.35. The van der Waals surface area contributed by atoms with Gasteiger partial charge < -0.3 is 4.48 Å². The van der Waals surface area contributed by atoms with Gasteiger partial charge in [-0.15, -0.1) is 0 Å². The van der Waals surface area contributed by atoms with Crippen LogP contribution in [0, 0.1) is 0 Å². The van der Waals surface area contributed by atoms with Crippen molar-refractivity contribution in [2.24, 2.45) is 0 Å². The molecule has 0 aliphatic heterocycles. The number of hydrogen-bond acceptors (Lipinski definition) is 0. The zero-order chi connectivity index (χ0) is 14.6. The first-order valence-corrected chi connectivity index (χ1v) is 8.87. The fourth-order valence-corrected chi connectivity index (χ4v) is 2.72. The van der Waals surface area contributed by atoms with Crippen LogP contribution in [0.5, 0.6) is 0 Å². The molecule has 0 aliphatic carbocycles. The summed E-state index contributed by atoms with van der Waals surface area (Å²) in [5, 5.41) is 0. The van der Waals surface area contributed by atoms with Gasteiger partial charge in [0, 0.05) is 0 Å². The van der Waals surface area contributed by atoms with E-state index in [4.69, 9.17) is 0 Å². The second kappa shape index (κ2) is 11.8. The van der Waals surface area contributed by atoms with E-state index in [0.717, 1.165) is 6.04 Å². The van der Waals surface area contributed by atoms with E-state index in [1.807, 2.05) is 0 Å². The summed E-state index contributed by atoms with van der Waals surface area (Å²) < 4.78 is 1.20. The van der Waals surface area contributed by atoms with Crippen molar-refractivity contribution in [1.29, 1.82) is 0 Å². The van der Waals surface area contributed by atoms with E-state index in [1.54, 1.807) is 0 Å². The lowest BCUT2D eigenvalue weighted by atomic mass is 10.1. The molecule has 0 spiro atoms. The molecule has 0 saturated carbocycles. The minimum absolute atomic E-state index is 0.804. The molecule has 0 aromatic heterocycles. The average Bonchev–Trinajstić information content (AvgIpc) is 2.39. The maximum Gasteiger partial charge on any atom is 0.0855 e. The largest absolute Gasteiger partial charge is 0.326 e. The molecule has 1 atom stereocenters. The zero-order valence-electron chi connectivity index (χ0n) is 14.5. The molecule has 0 bridgehead atoms. The van der Waals surface area contributed by atoms with Gasteiger partial charge >= 0.3 is 0 Å². The molecular formula is C18H40N+. The molecule has 1 nitrogen and oxygen atoms in total. The second-order valence-electron chi connectivity index (χ2n) is 6.94. The Balaban J connectivity index is 3.31. The molecule has 1 unspecified atom stereocenters. The number of quaternary nitrogens is 1. The Bertz CT molecular complexity index is 186.